The largest absolute Gasteiger partial charge is 0.396 e. The molecule has 4 rings (SSSR count). The molecule has 0 spiro atoms. The summed E-state index contributed by atoms with van der Waals surface area (Å²) >= 11 is 0. The van der Waals surface area contributed by atoms with Gasteiger partial charge >= 0.3 is 0 Å². The van der Waals surface area contributed by atoms with E-state index >= 15 is 0 Å². The average Bonchev–Trinajstić information content (AvgIpc) is 2.98. The SMILES string of the molecule is CC(N)CON=C1CC[C@@]2(C)C(C1)[C@@H](CO)C(=O)[C@@H]1[C@@H]2CC[C@]2(C)C(=O)CC[C@@H]12. The van der Waals surface area contributed by atoms with Gasteiger partial charge in [-0.2, -0.15) is 0 Å². The first-order chi connectivity index (χ1) is 13.7. The molecular formula is C23H36N2O4. The third-order valence-corrected chi connectivity index (χ3v) is 8.99. The van der Waals surface area contributed by atoms with E-state index in [0.29, 0.717) is 31.1 Å². The molecule has 8 atom stereocenters. The number of hydrogen-bond acceptors (Lipinski definition) is 6. The minimum absolute atomic E-state index is 0.000873. The maximum absolute atomic E-state index is 13.6. The van der Waals surface area contributed by atoms with Gasteiger partial charge in [0.05, 0.1) is 12.3 Å². The van der Waals surface area contributed by atoms with Gasteiger partial charge in [-0.15, -0.1) is 0 Å². The van der Waals surface area contributed by atoms with Gasteiger partial charge in [-0.25, -0.2) is 0 Å². The van der Waals surface area contributed by atoms with E-state index in [0.717, 1.165) is 37.8 Å². The van der Waals surface area contributed by atoms with Crippen LogP contribution in [-0.4, -0.2) is 41.6 Å². The van der Waals surface area contributed by atoms with E-state index in [4.69, 9.17) is 10.6 Å². The maximum Gasteiger partial charge on any atom is 0.142 e. The van der Waals surface area contributed by atoms with Crippen molar-refractivity contribution in [2.75, 3.05) is 13.2 Å². The first kappa shape index (κ1) is 21.0. The van der Waals surface area contributed by atoms with Crippen LogP contribution in [0.5, 0.6) is 0 Å². The van der Waals surface area contributed by atoms with E-state index in [1.165, 1.54) is 0 Å². The van der Waals surface area contributed by atoms with Crippen LogP contribution < -0.4 is 5.73 Å². The molecule has 3 N–H and O–H groups in total. The quantitative estimate of drug-likeness (QED) is 0.702. The number of fused-ring (bicyclic) bond motifs is 5. The van der Waals surface area contributed by atoms with Crippen LogP contribution in [0, 0.1) is 40.4 Å². The van der Waals surface area contributed by atoms with Gasteiger partial charge in [-0.1, -0.05) is 19.0 Å². The van der Waals surface area contributed by atoms with Crippen molar-refractivity contribution in [1.29, 1.82) is 0 Å². The van der Waals surface area contributed by atoms with Gasteiger partial charge < -0.3 is 15.7 Å². The highest BCUT2D eigenvalue weighted by atomic mass is 16.6. The number of carbonyl (C=O) groups excluding carboxylic acids is 2. The molecular weight excluding hydrogens is 368 g/mol. The summed E-state index contributed by atoms with van der Waals surface area (Å²) in [6.45, 7) is 6.55. The standard InChI is InChI=1S/C23H36N2O4/c1-13(24)12-29-25-14-6-8-22(2)17-7-9-23(3)16(4-5-19(23)27)20(17)21(28)15(11-26)18(22)10-14/h13,15-18,20,26H,4-12,24H2,1-3H3/t13?,15-,16+,17+,18?,20+,22-,23+/m1/s1. The van der Waals surface area contributed by atoms with Crippen molar-refractivity contribution in [3.05, 3.63) is 0 Å². The molecule has 0 heterocycles. The molecule has 0 radical (unpaired) electrons. The third kappa shape index (κ3) is 3.18. The number of hydrogen-bond donors (Lipinski definition) is 2. The van der Waals surface area contributed by atoms with E-state index in [9.17, 15) is 14.7 Å². The number of nitrogens with two attached hydrogens (primary N) is 1. The highest BCUT2D eigenvalue weighted by Crippen LogP contribution is 2.65. The summed E-state index contributed by atoms with van der Waals surface area (Å²) in [5, 5.41) is 14.5. The Kier molecular flexibility index (Phi) is 5.39. The second-order valence-corrected chi connectivity index (χ2v) is 10.6. The summed E-state index contributed by atoms with van der Waals surface area (Å²) in [7, 11) is 0. The minimum atomic E-state index is -0.363. The van der Waals surface area contributed by atoms with Crippen LogP contribution in [0.15, 0.2) is 5.16 Å². The van der Waals surface area contributed by atoms with Crippen LogP contribution in [0.2, 0.25) is 0 Å². The number of ketones is 2. The Morgan fingerprint density at radius 3 is 2.62 bits per heavy atom. The molecule has 29 heavy (non-hydrogen) atoms. The van der Waals surface area contributed by atoms with Crippen molar-refractivity contribution in [2.45, 2.75) is 71.8 Å². The smallest absolute Gasteiger partial charge is 0.142 e. The van der Waals surface area contributed by atoms with Crippen molar-refractivity contribution >= 4 is 17.3 Å². The molecule has 0 saturated heterocycles. The fourth-order valence-corrected chi connectivity index (χ4v) is 7.29. The minimum Gasteiger partial charge on any atom is -0.396 e. The summed E-state index contributed by atoms with van der Waals surface area (Å²) in [6.07, 6.45) is 5.80. The Morgan fingerprint density at radius 1 is 1.17 bits per heavy atom. The molecule has 4 saturated carbocycles. The lowest BCUT2D eigenvalue weighted by Crippen LogP contribution is -2.61. The summed E-state index contributed by atoms with van der Waals surface area (Å²) in [4.78, 5) is 31.7. The zero-order valence-corrected chi connectivity index (χ0v) is 18.0. The van der Waals surface area contributed by atoms with Gasteiger partial charge in [0.2, 0.25) is 0 Å². The topological polar surface area (TPSA) is 102 Å². The zero-order valence-electron chi connectivity index (χ0n) is 18.0. The van der Waals surface area contributed by atoms with Crippen molar-refractivity contribution in [3.63, 3.8) is 0 Å². The molecule has 0 aliphatic heterocycles. The average molecular weight is 405 g/mol. The number of Topliss-reactive ketones (excluding diaryl/α,β-unsaturated/α-hetero) is 2. The monoisotopic (exact) mass is 404 g/mol. The predicted octanol–water partition coefficient (Wildman–Crippen LogP) is 2.72. The summed E-state index contributed by atoms with van der Waals surface area (Å²) < 4.78 is 0. The second kappa shape index (κ2) is 7.45. The molecule has 4 fully saturated rings. The molecule has 6 heteroatoms. The molecule has 6 nitrogen and oxygen atoms in total. The number of aliphatic hydroxyl groups is 1. The van der Waals surface area contributed by atoms with Crippen LogP contribution in [0.4, 0.5) is 0 Å². The maximum atomic E-state index is 13.6. The Bertz CT molecular complexity index is 720. The van der Waals surface area contributed by atoms with E-state index in [-0.39, 0.29) is 52.9 Å². The molecule has 2 unspecified atom stereocenters. The fourth-order valence-electron chi connectivity index (χ4n) is 7.29. The number of rotatable bonds is 4. The van der Waals surface area contributed by atoms with E-state index in [1.54, 1.807) is 0 Å². The van der Waals surface area contributed by atoms with Crippen molar-refractivity contribution < 1.29 is 19.5 Å². The molecule has 4 aliphatic rings. The Labute approximate surface area is 173 Å². The summed E-state index contributed by atoms with van der Waals surface area (Å²) in [6, 6.07) is -0.0684. The first-order valence-corrected chi connectivity index (χ1v) is 11.3. The van der Waals surface area contributed by atoms with Crippen molar-refractivity contribution in [2.24, 2.45) is 51.3 Å². The van der Waals surface area contributed by atoms with Crippen molar-refractivity contribution in [3.8, 4) is 0 Å². The normalized spacial score (nSPS) is 46.8. The van der Waals surface area contributed by atoms with Gasteiger partial charge in [0, 0.05) is 29.7 Å². The lowest BCUT2D eigenvalue weighted by molar-refractivity contribution is -0.166. The van der Waals surface area contributed by atoms with Crippen LogP contribution in [-0.2, 0) is 14.4 Å². The highest BCUT2D eigenvalue weighted by Gasteiger charge is 2.64. The molecule has 4 aliphatic carbocycles. The van der Waals surface area contributed by atoms with E-state index in [2.05, 4.69) is 19.0 Å². The zero-order chi connectivity index (χ0) is 21.0. The summed E-state index contributed by atoms with van der Waals surface area (Å²) in [5.41, 5.74) is 6.38. The molecule has 0 bridgehead atoms. The number of aliphatic hydroxyl groups excluding tert-OH is 1. The van der Waals surface area contributed by atoms with Crippen LogP contribution in [0.25, 0.3) is 0 Å². The van der Waals surface area contributed by atoms with Gasteiger partial charge in [0.25, 0.3) is 0 Å². The summed E-state index contributed by atoms with van der Waals surface area (Å²) in [5.74, 6) is 0.642. The second-order valence-electron chi connectivity index (χ2n) is 10.6. The molecule has 162 valence electrons. The number of carbonyl (C=O) groups is 2. The lowest BCUT2D eigenvalue weighted by Gasteiger charge is -2.60. The Balaban J connectivity index is 1.62. The van der Waals surface area contributed by atoms with Crippen molar-refractivity contribution in [1.82, 2.24) is 0 Å². The number of oxime groups is 1. The Morgan fingerprint density at radius 2 is 1.93 bits per heavy atom. The Hall–Kier alpha value is -1.27. The van der Waals surface area contributed by atoms with E-state index in [1.807, 2.05) is 6.92 Å². The molecule has 0 aromatic rings. The first-order valence-electron chi connectivity index (χ1n) is 11.3. The van der Waals surface area contributed by atoms with Gasteiger partial charge in [-0.05, 0) is 68.6 Å². The van der Waals surface area contributed by atoms with Gasteiger partial charge in [0.15, 0.2) is 0 Å². The number of nitrogens with zero attached hydrogens (tertiary/aromatic N) is 1. The lowest BCUT2D eigenvalue weighted by atomic mass is 9.43. The third-order valence-electron chi connectivity index (χ3n) is 8.99. The van der Waals surface area contributed by atoms with Crippen LogP contribution in [0.3, 0.4) is 0 Å². The van der Waals surface area contributed by atoms with E-state index < -0.39 is 0 Å². The van der Waals surface area contributed by atoms with Crippen LogP contribution >= 0.6 is 0 Å². The van der Waals surface area contributed by atoms with Crippen LogP contribution in [0.1, 0.15) is 65.7 Å². The van der Waals surface area contributed by atoms with Gasteiger partial charge in [-0.3, -0.25) is 9.59 Å². The fraction of sp³-hybridized carbons (Fsp3) is 0.870. The molecule has 0 aromatic carbocycles. The predicted molar refractivity (Wildman–Crippen MR) is 110 cm³/mol. The molecule has 0 aromatic heterocycles. The van der Waals surface area contributed by atoms with Gasteiger partial charge in [0.1, 0.15) is 18.2 Å². The molecule has 0 amide bonds. The highest BCUT2D eigenvalue weighted by molar-refractivity contribution is 5.93.